The van der Waals surface area contributed by atoms with E-state index in [-0.39, 0.29) is 0 Å². The number of carbonyl (C=O) groups is 1. The summed E-state index contributed by atoms with van der Waals surface area (Å²) < 4.78 is 0. The normalized spacial score (nSPS) is 15.1. The fraction of sp³-hybridized carbons (Fsp3) is 0.333. The maximum absolute atomic E-state index is 11.2. The van der Waals surface area contributed by atoms with Crippen LogP contribution in [0.2, 0.25) is 0 Å². The van der Waals surface area contributed by atoms with E-state index in [2.05, 4.69) is 4.98 Å². The summed E-state index contributed by atoms with van der Waals surface area (Å²) in [5.41, 5.74) is 1.97. The first kappa shape index (κ1) is 10.9. The molecule has 0 atom stereocenters. The third-order valence-electron chi connectivity index (χ3n) is 2.87. The number of aromatic nitrogens is 1. The second kappa shape index (κ2) is 3.92. The molecule has 0 radical (unpaired) electrons. The fourth-order valence-electron chi connectivity index (χ4n) is 1.81. The largest absolute Gasteiger partial charge is 0.477 e. The highest BCUT2D eigenvalue weighted by molar-refractivity contribution is 7.22. The maximum Gasteiger partial charge on any atom is 0.347 e. The van der Waals surface area contributed by atoms with Gasteiger partial charge in [0, 0.05) is 5.92 Å². The molecule has 3 nitrogen and oxygen atoms in total. The molecule has 0 amide bonds. The van der Waals surface area contributed by atoms with E-state index in [1.807, 2.05) is 18.4 Å². The lowest BCUT2D eigenvalue weighted by molar-refractivity contribution is 0.0700. The third kappa shape index (κ3) is 1.89. The van der Waals surface area contributed by atoms with Crippen molar-refractivity contribution in [2.24, 2.45) is 0 Å². The highest BCUT2D eigenvalue weighted by Crippen LogP contribution is 2.45. The summed E-state index contributed by atoms with van der Waals surface area (Å²) in [6.07, 6.45) is 2.15. The highest BCUT2D eigenvalue weighted by Gasteiger charge is 2.32. The summed E-state index contributed by atoms with van der Waals surface area (Å²) in [5.74, 6) is -0.462. The first-order valence-corrected chi connectivity index (χ1v) is 7.15. The molecule has 1 N–H and O–H groups in total. The Hall–Kier alpha value is -1.20. The molecule has 1 fully saturated rings. The maximum atomic E-state index is 11.2. The number of nitrogens with zero attached hydrogens (tertiary/aromatic N) is 1. The number of carboxylic acid groups (broad SMARTS) is 1. The minimum Gasteiger partial charge on any atom is -0.477 e. The zero-order valence-corrected chi connectivity index (χ0v) is 10.9. The van der Waals surface area contributed by atoms with E-state index >= 15 is 0 Å². The van der Waals surface area contributed by atoms with Crippen molar-refractivity contribution in [3.8, 4) is 9.88 Å². The number of thiazole rings is 1. The van der Waals surface area contributed by atoms with Gasteiger partial charge in [-0.05, 0) is 36.8 Å². The molecular formula is C12H11NO2S2. The average Bonchev–Trinajstić information content (AvgIpc) is 2.88. The molecule has 0 unspecified atom stereocenters. The molecule has 5 heteroatoms. The Labute approximate surface area is 107 Å². The van der Waals surface area contributed by atoms with E-state index in [1.54, 1.807) is 11.3 Å². The second-order valence-electron chi connectivity index (χ2n) is 4.25. The van der Waals surface area contributed by atoms with Crippen molar-refractivity contribution in [1.29, 1.82) is 0 Å². The van der Waals surface area contributed by atoms with Gasteiger partial charge in [0.15, 0.2) is 0 Å². The van der Waals surface area contributed by atoms with Gasteiger partial charge in [-0.3, -0.25) is 0 Å². The molecule has 0 aromatic carbocycles. The van der Waals surface area contributed by atoms with Crippen LogP contribution in [0, 0.1) is 6.92 Å². The Balaban J connectivity index is 2.10. The average molecular weight is 265 g/mol. The van der Waals surface area contributed by atoms with E-state index in [4.69, 9.17) is 0 Å². The lowest BCUT2D eigenvalue weighted by Gasteiger charge is -1.92. The van der Waals surface area contributed by atoms with Gasteiger partial charge in [0.05, 0.1) is 10.6 Å². The van der Waals surface area contributed by atoms with Gasteiger partial charge in [0.2, 0.25) is 0 Å². The van der Waals surface area contributed by atoms with E-state index in [9.17, 15) is 9.90 Å². The van der Waals surface area contributed by atoms with Crippen LogP contribution in [-0.2, 0) is 0 Å². The van der Waals surface area contributed by atoms with E-state index in [0.717, 1.165) is 28.4 Å². The van der Waals surface area contributed by atoms with Crippen LogP contribution in [0.15, 0.2) is 11.4 Å². The van der Waals surface area contributed by atoms with Crippen molar-refractivity contribution >= 4 is 28.6 Å². The number of aromatic carboxylic acids is 1. The number of hydrogen-bond donors (Lipinski definition) is 1. The number of carboxylic acids is 1. The molecular weight excluding hydrogens is 254 g/mol. The topological polar surface area (TPSA) is 50.2 Å². The summed E-state index contributed by atoms with van der Waals surface area (Å²) in [6, 6.07) is 2.04. The molecule has 1 saturated carbocycles. The smallest absolute Gasteiger partial charge is 0.347 e. The van der Waals surface area contributed by atoms with Crippen LogP contribution in [0.1, 0.15) is 39.7 Å². The summed E-state index contributed by atoms with van der Waals surface area (Å²) in [5, 5.41) is 12.1. The summed E-state index contributed by atoms with van der Waals surface area (Å²) in [7, 11) is 0. The van der Waals surface area contributed by atoms with Gasteiger partial charge in [-0.25, -0.2) is 9.78 Å². The predicted molar refractivity (Wildman–Crippen MR) is 69.1 cm³/mol. The molecule has 2 heterocycles. The summed E-state index contributed by atoms with van der Waals surface area (Å²) >= 11 is 2.93. The van der Waals surface area contributed by atoms with Crippen LogP contribution in [0.3, 0.4) is 0 Å². The standard InChI is InChI=1S/C12H11NO2S2/c1-6-4-5-16-9(6)11-13-8(7-2-3-7)10(17-11)12(14)15/h4-5,7H,2-3H2,1H3,(H,14,15). The molecule has 0 aliphatic heterocycles. The van der Waals surface area contributed by atoms with Gasteiger partial charge in [-0.15, -0.1) is 22.7 Å². The second-order valence-corrected chi connectivity index (χ2v) is 6.16. The number of hydrogen-bond acceptors (Lipinski definition) is 4. The molecule has 2 aromatic rings. The monoisotopic (exact) mass is 265 g/mol. The van der Waals surface area contributed by atoms with Crippen molar-refractivity contribution in [3.63, 3.8) is 0 Å². The number of thiophene rings is 1. The molecule has 3 rings (SSSR count). The fourth-order valence-corrected chi connectivity index (χ4v) is 3.88. The van der Waals surface area contributed by atoms with Gasteiger partial charge in [-0.2, -0.15) is 0 Å². The molecule has 0 spiro atoms. The van der Waals surface area contributed by atoms with Crippen molar-refractivity contribution in [2.45, 2.75) is 25.7 Å². The van der Waals surface area contributed by atoms with Gasteiger partial charge in [0.25, 0.3) is 0 Å². The van der Waals surface area contributed by atoms with Crippen LogP contribution < -0.4 is 0 Å². The van der Waals surface area contributed by atoms with Gasteiger partial charge >= 0.3 is 5.97 Å². The minimum absolute atomic E-state index is 0.381. The van der Waals surface area contributed by atoms with Gasteiger partial charge < -0.3 is 5.11 Å². The first-order valence-electron chi connectivity index (χ1n) is 5.45. The van der Waals surface area contributed by atoms with Crippen molar-refractivity contribution < 1.29 is 9.90 Å². The van der Waals surface area contributed by atoms with Crippen molar-refractivity contribution in [2.75, 3.05) is 0 Å². The lowest BCUT2D eigenvalue weighted by atomic mass is 10.2. The Kier molecular flexibility index (Phi) is 2.52. The predicted octanol–water partition coefficient (Wildman–Crippen LogP) is 3.76. The SMILES string of the molecule is Cc1ccsc1-c1nc(C2CC2)c(C(=O)O)s1. The molecule has 1 aliphatic rings. The Morgan fingerprint density at radius 1 is 1.53 bits per heavy atom. The van der Waals surface area contributed by atoms with E-state index < -0.39 is 5.97 Å². The van der Waals surface area contributed by atoms with Crippen LogP contribution in [0.4, 0.5) is 0 Å². The van der Waals surface area contributed by atoms with Crippen molar-refractivity contribution in [3.05, 3.63) is 27.6 Å². The van der Waals surface area contributed by atoms with E-state index in [0.29, 0.717) is 10.8 Å². The van der Waals surface area contributed by atoms with E-state index in [1.165, 1.54) is 16.9 Å². The Bertz CT molecular complexity index is 581. The molecule has 1 aliphatic carbocycles. The molecule has 0 bridgehead atoms. The Morgan fingerprint density at radius 2 is 2.29 bits per heavy atom. The zero-order chi connectivity index (χ0) is 12.0. The summed E-state index contributed by atoms with van der Waals surface area (Å²) in [6.45, 7) is 2.03. The van der Waals surface area contributed by atoms with Crippen LogP contribution >= 0.6 is 22.7 Å². The number of rotatable bonds is 3. The molecule has 2 aromatic heterocycles. The first-order chi connectivity index (χ1) is 8.16. The quantitative estimate of drug-likeness (QED) is 0.919. The van der Waals surface area contributed by atoms with Gasteiger partial charge in [-0.1, -0.05) is 0 Å². The Morgan fingerprint density at radius 3 is 2.82 bits per heavy atom. The molecule has 17 heavy (non-hydrogen) atoms. The summed E-state index contributed by atoms with van der Waals surface area (Å²) in [4.78, 5) is 17.3. The minimum atomic E-state index is -0.843. The highest BCUT2D eigenvalue weighted by atomic mass is 32.1. The van der Waals surface area contributed by atoms with Gasteiger partial charge in [0.1, 0.15) is 9.88 Å². The lowest BCUT2D eigenvalue weighted by Crippen LogP contribution is -1.97. The molecule has 88 valence electrons. The van der Waals surface area contributed by atoms with Crippen LogP contribution in [0.25, 0.3) is 9.88 Å². The van der Waals surface area contributed by atoms with Crippen LogP contribution in [0.5, 0.6) is 0 Å². The third-order valence-corrected chi connectivity index (χ3v) is 5.10. The molecule has 0 saturated heterocycles. The van der Waals surface area contributed by atoms with Crippen molar-refractivity contribution in [1.82, 2.24) is 4.98 Å². The zero-order valence-electron chi connectivity index (χ0n) is 9.27. The van der Waals surface area contributed by atoms with Crippen LogP contribution in [-0.4, -0.2) is 16.1 Å². The number of aryl methyl sites for hydroxylation is 1.